The van der Waals surface area contributed by atoms with Crippen LogP contribution in [0.2, 0.25) is 0 Å². The first-order chi connectivity index (χ1) is 9.74. The fraction of sp³-hybridized carbons (Fsp3) is 0.167. The second-order valence-electron chi connectivity index (χ2n) is 4.75. The molecule has 2 aromatic carbocycles. The van der Waals surface area contributed by atoms with E-state index in [1.54, 1.807) is 0 Å². The van der Waals surface area contributed by atoms with E-state index in [0.29, 0.717) is 0 Å². The average Bonchev–Trinajstić information content (AvgIpc) is 2.46. The van der Waals surface area contributed by atoms with Crippen LogP contribution in [-0.4, -0.2) is 11.1 Å². The molecule has 0 aliphatic rings. The van der Waals surface area contributed by atoms with Crippen LogP contribution in [0.15, 0.2) is 66.7 Å². The lowest BCUT2D eigenvalue weighted by atomic mass is 10.1. The maximum Gasteiger partial charge on any atom is 0.307 e. The van der Waals surface area contributed by atoms with Crippen LogP contribution in [0.4, 0.5) is 0 Å². The van der Waals surface area contributed by atoms with Crippen LogP contribution in [-0.2, 0) is 24.1 Å². The van der Waals surface area contributed by atoms with Crippen molar-refractivity contribution in [3.05, 3.63) is 83.4 Å². The molecule has 0 amide bonds. The van der Waals surface area contributed by atoms with Crippen molar-refractivity contribution >= 4 is 5.97 Å². The van der Waals surface area contributed by atoms with Gasteiger partial charge in [-0.15, -0.1) is 0 Å². The molecular weight excluding hydrogens is 248 g/mol. The van der Waals surface area contributed by atoms with Crippen molar-refractivity contribution < 1.29 is 9.90 Å². The molecule has 2 aromatic rings. The Hall–Kier alpha value is -2.35. The first-order valence-electron chi connectivity index (χ1n) is 6.72. The topological polar surface area (TPSA) is 37.3 Å². The van der Waals surface area contributed by atoms with E-state index in [1.165, 1.54) is 11.1 Å². The molecule has 0 spiro atoms. The summed E-state index contributed by atoms with van der Waals surface area (Å²) in [5.74, 6) is -0.791. The zero-order valence-corrected chi connectivity index (χ0v) is 11.3. The molecule has 0 radical (unpaired) electrons. The predicted octanol–water partition coefficient (Wildman–Crippen LogP) is 3.66. The molecule has 0 bridgehead atoms. The van der Waals surface area contributed by atoms with E-state index >= 15 is 0 Å². The maximum absolute atomic E-state index is 10.6. The summed E-state index contributed by atoms with van der Waals surface area (Å²) in [5.41, 5.74) is 3.35. The van der Waals surface area contributed by atoms with Gasteiger partial charge in [0.2, 0.25) is 0 Å². The lowest BCUT2D eigenvalue weighted by molar-refractivity contribution is -0.136. The van der Waals surface area contributed by atoms with Gasteiger partial charge in [-0.1, -0.05) is 66.7 Å². The van der Waals surface area contributed by atoms with Crippen LogP contribution < -0.4 is 0 Å². The molecule has 0 saturated heterocycles. The highest BCUT2D eigenvalue weighted by Gasteiger charge is 1.99. The van der Waals surface area contributed by atoms with Gasteiger partial charge < -0.3 is 5.11 Å². The summed E-state index contributed by atoms with van der Waals surface area (Å²) >= 11 is 0. The van der Waals surface area contributed by atoms with E-state index in [4.69, 9.17) is 5.11 Å². The van der Waals surface area contributed by atoms with Crippen LogP contribution in [0, 0.1) is 0 Å². The third-order valence-corrected chi connectivity index (χ3v) is 3.09. The molecule has 2 nitrogen and oxygen atoms in total. The van der Waals surface area contributed by atoms with E-state index < -0.39 is 5.97 Å². The Morgan fingerprint density at radius 2 is 1.30 bits per heavy atom. The molecule has 0 unspecified atom stereocenters. The fourth-order valence-corrected chi connectivity index (χ4v) is 2.02. The lowest BCUT2D eigenvalue weighted by Gasteiger charge is -2.00. The Balaban J connectivity index is 1.83. The minimum absolute atomic E-state index is 0.0874. The standard InChI is InChI=1S/C18H18O2/c19-18(20)14-17-12-10-16(11-13-17)9-5-4-8-15-6-2-1-3-7-15/h1-7,10-13H,8-9,14H2,(H,19,20)/b5-4-. The van der Waals surface area contributed by atoms with E-state index in [1.807, 2.05) is 42.5 Å². The quantitative estimate of drug-likeness (QED) is 0.810. The summed E-state index contributed by atoms with van der Waals surface area (Å²) in [6.07, 6.45) is 6.22. The van der Waals surface area contributed by atoms with Gasteiger partial charge in [0.1, 0.15) is 0 Å². The number of allylic oxidation sites excluding steroid dienone is 2. The number of benzene rings is 2. The summed E-state index contributed by atoms with van der Waals surface area (Å²) < 4.78 is 0. The summed E-state index contributed by atoms with van der Waals surface area (Å²) in [5, 5.41) is 8.71. The second kappa shape index (κ2) is 7.29. The zero-order chi connectivity index (χ0) is 14.2. The summed E-state index contributed by atoms with van der Waals surface area (Å²) in [7, 11) is 0. The van der Waals surface area contributed by atoms with Gasteiger partial charge in [0.05, 0.1) is 6.42 Å². The van der Waals surface area contributed by atoms with E-state index in [-0.39, 0.29) is 6.42 Å². The lowest BCUT2D eigenvalue weighted by Crippen LogP contribution is -1.99. The highest BCUT2D eigenvalue weighted by Crippen LogP contribution is 2.07. The third kappa shape index (κ3) is 4.73. The van der Waals surface area contributed by atoms with Crippen molar-refractivity contribution in [3.8, 4) is 0 Å². The van der Waals surface area contributed by atoms with Crippen molar-refractivity contribution in [3.63, 3.8) is 0 Å². The smallest absolute Gasteiger partial charge is 0.307 e. The molecule has 1 N–H and O–H groups in total. The Morgan fingerprint density at radius 3 is 1.85 bits per heavy atom. The predicted molar refractivity (Wildman–Crippen MR) is 80.8 cm³/mol. The van der Waals surface area contributed by atoms with Crippen molar-refractivity contribution in [2.75, 3.05) is 0 Å². The van der Waals surface area contributed by atoms with E-state index in [2.05, 4.69) is 24.3 Å². The van der Waals surface area contributed by atoms with Crippen molar-refractivity contribution in [2.45, 2.75) is 19.3 Å². The number of rotatable bonds is 6. The molecule has 0 aromatic heterocycles. The highest BCUT2D eigenvalue weighted by molar-refractivity contribution is 5.70. The third-order valence-electron chi connectivity index (χ3n) is 3.09. The van der Waals surface area contributed by atoms with Gasteiger partial charge in [0.25, 0.3) is 0 Å². The van der Waals surface area contributed by atoms with Crippen LogP contribution in [0.5, 0.6) is 0 Å². The Bertz CT molecular complexity index is 568. The average molecular weight is 266 g/mol. The van der Waals surface area contributed by atoms with Crippen LogP contribution in [0.3, 0.4) is 0 Å². The summed E-state index contributed by atoms with van der Waals surface area (Å²) in [6, 6.07) is 18.1. The molecule has 0 fully saturated rings. The van der Waals surface area contributed by atoms with Gasteiger partial charge in [-0.25, -0.2) is 0 Å². The number of hydrogen-bond donors (Lipinski definition) is 1. The highest BCUT2D eigenvalue weighted by atomic mass is 16.4. The number of carboxylic acids is 1. The molecule has 0 heterocycles. The molecule has 2 rings (SSSR count). The largest absolute Gasteiger partial charge is 0.481 e. The molecule has 102 valence electrons. The molecule has 20 heavy (non-hydrogen) atoms. The number of aliphatic carboxylic acids is 1. The van der Waals surface area contributed by atoms with Crippen molar-refractivity contribution in [1.82, 2.24) is 0 Å². The molecular formula is C18H18O2. The van der Waals surface area contributed by atoms with Crippen LogP contribution in [0.1, 0.15) is 16.7 Å². The Kier molecular flexibility index (Phi) is 5.13. The second-order valence-corrected chi connectivity index (χ2v) is 4.75. The minimum atomic E-state index is -0.791. The van der Waals surface area contributed by atoms with Crippen LogP contribution in [0.25, 0.3) is 0 Å². The zero-order valence-electron chi connectivity index (χ0n) is 11.3. The van der Waals surface area contributed by atoms with Crippen molar-refractivity contribution in [1.29, 1.82) is 0 Å². The molecule has 0 aliphatic carbocycles. The Morgan fingerprint density at radius 1 is 0.800 bits per heavy atom. The van der Waals surface area contributed by atoms with E-state index in [0.717, 1.165) is 18.4 Å². The first kappa shape index (κ1) is 14.1. The van der Waals surface area contributed by atoms with Gasteiger partial charge in [-0.2, -0.15) is 0 Å². The molecule has 2 heteroatoms. The Labute approximate surface area is 119 Å². The monoisotopic (exact) mass is 266 g/mol. The number of hydrogen-bond acceptors (Lipinski definition) is 1. The van der Waals surface area contributed by atoms with Gasteiger partial charge in [-0.3, -0.25) is 4.79 Å². The van der Waals surface area contributed by atoms with E-state index in [9.17, 15) is 4.79 Å². The number of carbonyl (C=O) groups is 1. The summed E-state index contributed by atoms with van der Waals surface area (Å²) in [6.45, 7) is 0. The van der Waals surface area contributed by atoms with Gasteiger partial charge >= 0.3 is 5.97 Å². The summed E-state index contributed by atoms with van der Waals surface area (Å²) in [4.78, 5) is 10.6. The van der Waals surface area contributed by atoms with Gasteiger partial charge in [-0.05, 0) is 29.5 Å². The fourth-order valence-electron chi connectivity index (χ4n) is 2.02. The molecule has 0 saturated carbocycles. The normalized spacial score (nSPS) is 10.8. The molecule has 0 aliphatic heterocycles. The van der Waals surface area contributed by atoms with Crippen LogP contribution >= 0.6 is 0 Å². The minimum Gasteiger partial charge on any atom is -0.481 e. The number of carboxylic acid groups (broad SMARTS) is 1. The van der Waals surface area contributed by atoms with Gasteiger partial charge in [0.15, 0.2) is 0 Å². The van der Waals surface area contributed by atoms with Gasteiger partial charge in [0, 0.05) is 0 Å². The first-order valence-corrected chi connectivity index (χ1v) is 6.72. The SMILES string of the molecule is O=C(O)Cc1ccc(C/C=C\Cc2ccccc2)cc1. The maximum atomic E-state index is 10.6. The van der Waals surface area contributed by atoms with Crippen molar-refractivity contribution in [2.24, 2.45) is 0 Å². The molecule has 0 atom stereocenters.